The lowest BCUT2D eigenvalue weighted by Gasteiger charge is -2.31. The summed E-state index contributed by atoms with van der Waals surface area (Å²) in [6, 6.07) is 4.03. The highest BCUT2D eigenvalue weighted by Crippen LogP contribution is 2.40. The molecule has 3 rings (SSSR count). The van der Waals surface area contributed by atoms with Gasteiger partial charge in [-0.15, -0.1) is 0 Å². The number of allylic oxidation sites excluding steroid dienone is 7. The summed E-state index contributed by atoms with van der Waals surface area (Å²) in [6.45, 7) is 25.4. The summed E-state index contributed by atoms with van der Waals surface area (Å²) in [6.07, 6.45) is 7.31. The molecule has 0 fully saturated rings. The fourth-order valence-electron chi connectivity index (χ4n) is 3.79. The Labute approximate surface area is 217 Å². The molecule has 0 saturated carbocycles. The SMILES string of the molecule is CC(C)(C)C1=C/C(=C/C2=C(O)C(=C/c3cc(C(C)(C)C)cc(C(C)(C)C)[o+]3)/C2=O)OC(C(C)(C)C)=C1. The first-order valence-electron chi connectivity index (χ1n) is 12.7. The molecule has 0 bridgehead atoms. The molecule has 36 heavy (non-hydrogen) atoms. The number of ether oxygens (including phenoxy) is 1. The normalized spacial score (nSPS) is 19.8. The van der Waals surface area contributed by atoms with Gasteiger partial charge < -0.3 is 9.84 Å². The molecule has 194 valence electrons. The van der Waals surface area contributed by atoms with Crippen LogP contribution in [0.3, 0.4) is 0 Å². The second-order valence-electron chi connectivity index (χ2n) is 14.0. The van der Waals surface area contributed by atoms with Crippen molar-refractivity contribution in [1.29, 1.82) is 0 Å². The Morgan fingerprint density at radius 3 is 1.86 bits per heavy atom. The predicted molar refractivity (Wildman–Crippen MR) is 147 cm³/mol. The molecule has 0 atom stereocenters. The summed E-state index contributed by atoms with van der Waals surface area (Å²) < 4.78 is 12.3. The minimum Gasteiger partial charge on any atom is -0.506 e. The van der Waals surface area contributed by atoms with Gasteiger partial charge in [0.15, 0.2) is 0 Å². The van der Waals surface area contributed by atoms with Crippen LogP contribution >= 0.6 is 0 Å². The first-order chi connectivity index (χ1) is 16.2. The van der Waals surface area contributed by atoms with E-state index in [4.69, 9.17) is 9.15 Å². The summed E-state index contributed by atoms with van der Waals surface area (Å²) in [7, 11) is 0. The molecular formula is C32H43O4+. The number of hydrogen-bond acceptors (Lipinski definition) is 3. The molecule has 0 spiro atoms. The Morgan fingerprint density at radius 1 is 0.778 bits per heavy atom. The maximum absolute atomic E-state index is 13.1. The van der Waals surface area contributed by atoms with Crippen molar-refractivity contribution in [3.63, 3.8) is 0 Å². The summed E-state index contributed by atoms with van der Waals surface area (Å²) in [5, 5.41) is 10.9. The van der Waals surface area contributed by atoms with Gasteiger partial charge in [0.25, 0.3) is 0 Å². The van der Waals surface area contributed by atoms with E-state index in [1.54, 1.807) is 12.2 Å². The van der Waals surface area contributed by atoms with E-state index in [2.05, 4.69) is 95.2 Å². The molecule has 4 nitrogen and oxygen atoms in total. The lowest BCUT2D eigenvalue weighted by Crippen LogP contribution is -2.23. The minimum absolute atomic E-state index is 0.0395. The maximum Gasteiger partial charge on any atom is 0.354 e. The lowest BCUT2D eigenvalue weighted by atomic mass is 9.81. The largest absolute Gasteiger partial charge is 0.506 e. The maximum atomic E-state index is 13.1. The van der Waals surface area contributed by atoms with Crippen LogP contribution < -0.4 is 0 Å². The third kappa shape index (κ3) is 5.91. The quantitative estimate of drug-likeness (QED) is 0.332. The van der Waals surface area contributed by atoms with Crippen molar-refractivity contribution < 1.29 is 19.1 Å². The first-order valence-corrected chi connectivity index (χ1v) is 12.7. The number of aliphatic hydroxyl groups excluding tert-OH is 1. The van der Waals surface area contributed by atoms with Gasteiger partial charge in [-0.25, -0.2) is 4.42 Å². The number of ketones is 1. The second kappa shape index (κ2) is 8.90. The second-order valence-corrected chi connectivity index (χ2v) is 14.0. The van der Waals surface area contributed by atoms with E-state index < -0.39 is 0 Å². The number of carbonyl (C=O) groups excluding carboxylic acids is 1. The predicted octanol–water partition coefficient (Wildman–Crippen LogP) is 8.75. The van der Waals surface area contributed by atoms with Crippen LogP contribution in [-0.2, 0) is 20.4 Å². The zero-order chi connectivity index (χ0) is 27.4. The van der Waals surface area contributed by atoms with Gasteiger partial charge in [-0.1, -0.05) is 62.3 Å². The first kappa shape index (κ1) is 27.7. The van der Waals surface area contributed by atoms with Crippen molar-refractivity contribution in [3.8, 4) is 0 Å². The molecule has 2 heterocycles. The Balaban J connectivity index is 2.04. The summed E-state index contributed by atoms with van der Waals surface area (Å²) in [5.41, 5.74) is 2.15. The van der Waals surface area contributed by atoms with Crippen molar-refractivity contribution >= 4 is 11.9 Å². The average molecular weight is 492 g/mol. The van der Waals surface area contributed by atoms with Gasteiger partial charge in [0.1, 0.15) is 17.3 Å². The zero-order valence-electron chi connectivity index (χ0n) is 24.1. The van der Waals surface area contributed by atoms with Crippen molar-refractivity contribution in [2.24, 2.45) is 10.8 Å². The Morgan fingerprint density at radius 2 is 1.39 bits per heavy atom. The average Bonchev–Trinajstić information content (AvgIpc) is 2.72. The van der Waals surface area contributed by atoms with Gasteiger partial charge in [-0.3, -0.25) is 4.79 Å². The van der Waals surface area contributed by atoms with Gasteiger partial charge in [0.2, 0.25) is 5.78 Å². The molecule has 0 amide bonds. The monoisotopic (exact) mass is 491 g/mol. The van der Waals surface area contributed by atoms with Gasteiger partial charge in [-0.05, 0) is 61.0 Å². The van der Waals surface area contributed by atoms with E-state index in [9.17, 15) is 9.90 Å². The molecule has 0 saturated heterocycles. The molecule has 0 unspecified atom stereocenters. The summed E-state index contributed by atoms with van der Waals surface area (Å²) >= 11 is 0. The molecule has 1 aliphatic heterocycles. The minimum atomic E-state index is -0.227. The number of hydrogen-bond donors (Lipinski definition) is 1. The van der Waals surface area contributed by atoms with Crippen molar-refractivity contribution in [3.05, 3.63) is 81.4 Å². The highest BCUT2D eigenvalue weighted by atomic mass is 16.5. The van der Waals surface area contributed by atoms with Gasteiger partial charge in [0.05, 0.1) is 22.6 Å². The molecule has 1 N–H and O–H groups in total. The third-order valence-electron chi connectivity index (χ3n) is 6.41. The van der Waals surface area contributed by atoms with E-state index in [1.165, 1.54) is 0 Å². The molecule has 0 aromatic carbocycles. The van der Waals surface area contributed by atoms with E-state index in [-0.39, 0.29) is 44.3 Å². The number of Topliss-reactive ketones (excluding diaryl/α,β-unsaturated/α-hetero) is 1. The van der Waals surface area contributed by atoms with E-state index in [1.807, 2.05) is 12.1 Å². The molecule has 1 aromatic rings. The Bertz CT molecular complexity index is 1200. The van der Waals surface area contributed by atoms with Crippen LogP contribution in [0.4, 0.5) is 0 Å². The van der Waals surface area contributed by atoms with Crippen molar-refractivity contribution in [2.45, 2.75) is 93.9 Å². The molecule has 2 aliphatic rings. The Kier molecular flexibility index (Phi) is 6.85. The van der Waals surface area contributed by atoms with Gasteiger partial charge in [-0.2, -0.15) is 0 Å². The lowest BCUT2D eigenvalue weighted by molar-refractivity contribution is -0.113. The smallest absolute Gasteiger partial charge is 0.354 e. The van der Waals surface area contributed by atoms with Crippen LogP contribution in [0.5, 0.6) is 0 Å². The third-order valence-corrected chi connectivity index (χ3v) is 6.41. The Hall–Kier alpha value is -2.88. The van der Waals surface area contributed by atoms with Crippen molar-refractivity contribution in [2.75, 3.05) is 0 Å². The molecule has 1 aromatic heterocycles. The van der Waals surface area contributed by atoms with Crippen LogP contribution in [-0.4, -0.2) is 10.9 Å². The number of aliphatic hydroxyl groups is 1. The van der Waals surface area contributed by atoms with Crippen LogP contribution in [0.1, 0.15) is 100 Å². The van der Waals surface area contributed by atoms with E-state index in [0.29, 0.717) is 11.5 Å². The zero-order valence-corrected chi connectivity index (χ0v) is 24.1. The number of rotatable bonds is 2. The van der Waals surface area contributed by atoms with E-state index in [0.717, 1.165) is 22.7 Å². The molecule has 4 heteroatoms. The highest BCUT2D eigenvalue weighted by molar-refractivity contribution is 6.23. The highest BCUT2D eigenvalue weighted by Gasteiger charge is 2.37. The van der Waals surface area contributed by atoms with Crippen LogP contribution in [0, 0.1) is 10.8 Å². The van der Waals surface area contributed by atoms with Gasteiger partial charge in [0, 0.05) is 17.5 Å². The fourth-order valence-corrected chi connectivity index (χ4v) is 3.79. The molecular weight excluding hydrogens is 448 g/mol. The van der Waals surface area contributed by atoms with Crippen molar-refractivity contribution in [1.82, 2.24) is 0 Å². The summed E-state index contributed by atoms with van der Waals surface area (Å²) in [4.78, 5) is 13.1. The van der Waals surface area contributed by atoms with Gasteiger partial charge >= 0.3 is 11.5 Å². The standard InChI is InChI=1S/C32H42O4/c1-29(2,3)19-13-21(35-25(15-19)31(7,8)9)17-23-27(33)24(28(23)34)18-22-14-20(30(4,5)6)16-26(36-22)32(10,11)12/h13-18H,1-12H3/p+1. The van der Waals surface area contributed by atoms with Crippen LogP contribution in [0.2, 0.25) is 0 Å². The molecule has 0 radical (unpaired) electrons. The van der Waals surface area contributed by atoms with Crippen LogP contribution in [0.15, 0.2) is 68.8 Å². The summed E-state index contributed by atoms with van der Waals surface area (Å²) in [5.74, 6) is 2.50. The topological polar surface area (TPSA) is 57.8 Å². The number of carbonyl (C=O) groups is 1. The van der Waals surface area contributed by atoms with E-state index >= 15 is 0 Å². The molecule has 1 aliphatic carbocycles. The van der Waals surface area contributed by atoms with Crippen LogP contribution in [0.25, 0.3) is 6.08 Å². The fraction of sp³-hybridized carbons (Fsp3) is 0.500.